The van der Waals surface area contributed by atoms with Gasteiger partial charge in [0, 0.05) is 31.0 Å². The zero-order valence-electron chi connectivity index (χ0n) is 34.7. The predicted octanol–water partition coefficient (Wildman–Crippen LogP) is 17.1. The average Bonchev–Trinajstić information content (AvgIpc) is 3.87. The Labute approximate surface area is 360 Å². The van der Waals surface area contributed by atoms with Crippen molar-refractivity contribution in [2.45, 2.75) is 38.5 Å². The van der Waals surface area contributed by atoms with Crippen LogP contribution in [0.4, 0.5) is 0 Å². The standard InChI is InChI=1S/C60H42S/c1-59(2)50-30-24-38(56-42-18-10-8-16-40(42)55(35-14-6-5-7-15-35)41-17-9-11-19-43(41)56)33-48(50)39-25-22-37(34-52(39)59)36-23-29-51-49(32-36)46-27-26-44-45(58(46)60(51,3)4)28-31-54-57(44)47-20-12-13-21-53(47)61-54/h5-34H,1-4H3. The molecule has 0 saturated carbocycles. The summed E-state index contributed by atoms with van der Waals surface area (Å²) in [4.78, 5) is 0. The molecule has 0 aliphatic heterocycles. The van der Waals surface area contributed by atoms with E-state index in [2.05, 4.69) is 210 Å². The molecule has 2 aliphatic carbocycles. The van der Waals surface area contributed by atoms with E-state index in [0.29, 0.717) is 0 Å². The lowest BCUT2D eigenvalue weighted by Gasteiger charge is -2.24. The summed E-state index contributed by atoms with van der Waals surface area (Å²) in [7, 11) is 0. The highest BCUT2D eigenvalue weighted by Crippen LogP contribution is 2.55. The van der Waals surface area contributed by atoms with Gasteiger partial charge in [0.2, 0.25) is 0 Å². The van der Waals surface area contributed by atoms with Crippen molar-refractivity contribution in [2.24, 2.45) is 0 Å². The topological polar surface area (TPSA) is 0 Å². The second-order valence-corrected chi connectivity index (χ2v) is 19.4. The molecule has 288 valence electrons. The van der Waals surface area contributed by atoms with Crippen molar-refractivity contribution >= 4 is 63.8 Å². The van der Waals surface area contributed by atoms with Gasteiger partial charge < -0.3 is 0 Å². The van der Waals surface area contributed by atoms with Crippen molar-refractivity contribution in [1.82, 2.24) is 0 Å². The Hall–Kier alpha value is -6.80. The molecule has 61 heavy (non-hydrogen) atoms. The fourth-order valence-corrected chi connectivity index (χ4v) is 12.7. The number of benzene rings is 10. The third-order valence-corrected chi connectivity index (χ3v) is 15.6. The fourth-order valence-electron chi connectivity index (χ4n) is 11.6. The molecule has 0 nitrogen and oxygen atoms in total. The molecule has 1 heteroatoms. The Kier molecular flexibility index (Phi) is 7.11. The van der Waals surface area contributed by atoms with E-state index in [1.807, 2.05) is 11.3 Å². The molecule has 0 amide bonds. The monoisotopic (exact) mass is 794 g/mol. The zero-order valence-corrected chi connectivity index (χ0v) is 35.5. The van der Waals surface area contributed by atoms with Crippen LogP contribution in [0.1, 0.15) is 49.9 Å². The van der Waals surface area contributed by atoms with Crippen molar-refractivity contribution in [3.63, 3.8) is 0 Å². The van der Waals surface area contributed by atoms with Gasteiger partial charge in [0.15, 0.2) is 0 Å². The molecule has 2 aliphatic rings. The minimum Gasteiger partial charge on any atom is -0.135 e. The summed E-state index contributed by atoms with van der Waals surface area (Å²) in [6, 6.07) is 69.0. The van der Waals surface area contributed by atoms with Crippen LogP contribution in [0.2, 0.25) is 0 Å². The molecule has 0 N–H and O–H groups in total. The Morgan fingerprint density at radius 3 is 1.56 bits per heavy atom. The third-order valence-electron chi connectivity index (χ3n) is 14.4. The van der Waals surface area contributed by atoms with Gasteiger partial charge in [0.25, 0.3) is 0 Å². The van der Waals surface area contributed by atoms with Crippen LogP contribution in [0.5, 0.6) is 0 Å². The highest BCUT2D eigenvalue weighted by atomic mass is 32.1. The Morgan fingerprint density at radius 2 is 0.836 bits per heavy atom. The maximum Gasteiger partial charge on any atom is 0.0361 e. The van der Waals surface area contributed by atoms with E-state index in [1.54, 1.807) is 0 Å². The van der Waals surface area contributed by atoms with Crippen LogP contribution >= 0.6 is 11.3 Å². The van der Waals surface area contributed by atoms with E-state index in [-0.39, 0.29) is 10.8 Å². The molecular formula is C60H42S. The number of thiophene rings is 1. The fraction of sp³-hybridized carbons (Fsp3) is 0.100. The van der Waals surface area contributed by atoms with E-state index >= 15 is 0 Å². The van der Waals surface area contributed by atoms with Crippen LogP contribution in [-0.4, -0.2) is 0 Å². The Bertz CT molecular complexity index is 3630. The Morgan fingerprint density at radius 1 is 0.311 bits per heavy atom. The molecule has 0 atom stereocenters. The first-order valence-corrected chi connectivity index (χ1v) is 22.4. The van der Waals surface area contributed by atoms with Gasteiger partial charge in [0.1, 0.15) is 0 Å². The lowest BCUT2D eigenvalue weighted by Crippen LogP contribution is -2.15. The first kappa shape index (κ1) is 35.0. The minimum atomic E-state index is -0.137. The van der Waals surface area contributed by atoms with Crippen LogP contribution in [-0.2, 0) is 10.8 Å². The number of rotatable bonds is 3. The van der Waals surface area contributed by atoms with Gasteiger partial charge in [-0.25, -0.2) is 0 Å². The van der Waals surface area contributed by atoms with Gasteiger partial charge in [-0.2, -0.15) is 0 Å². The van der Waals surface area contributed by atoms with Gasteiger partial charge >= 0.3 is 0 Å². The lowest BCUT2D eigenvalue weighted by atomic mass is 9.79. The largest absolute Gasteiger partial charge is 0.135 e. The molecule has 11 aromatic rings. The summed E-state index contributed by atoms with van der Waals surface area (Å²) in [5, 5.41) is 10.6. The van der Waals surface area contributed by atoms with E-state index in [0.717, 1.165) is 0 Å². The van der Waals surface area contributed by atoms with Crippen molar-refractivity contribution < 1.29 is 0 Å². The van der Waals surface area contributed by atoms with Gasteiger partial charge in [0.05, 0.1) is 0 Å². The van der Waals surface area contributed by atoms with Crippen molar-refractivity contribution in [3.8, 4) is 55.6 Å². The van der Waals surface area contributed by atoms with Crippen LogP contribution < -0.4 is 0 Å². The van der Waals surface area contributed by atoms with Gasteiger partial charge in [-0.15, -0.1) is 11.3 Å². The van der Waals surface area contributed by atoms with Crippen LogP contribution in [0.3, 0.4) is 0 Å². The first-order valence-electron chi connectivity index (χ1n) is 21.6. The molecule has 10 aromatic carbocycles. The number of fused-ring (bicyclic) bond motifs is 14. The molecule has 0 fully saturated rings. The SMILES string of the molecule is CC1(C)c2ccc(-c3c4ccccc4c(-c4ccccc4)c4ccccc34)cc2-c2ccc(-c3ccc4c(c3)-c3ccc5c(ccc6sc7ccccc7c65)c3C4(C)C)cc21. The van der Waals surface area contributed by atoms with E-state index in [4.69, 9.17) is 0 Å². The molecule has 0 spiro atoms. The van der Waals surface area contributed by atoms with Crippen molar-refractivity contribution in [2.75, 3.05) is 0 Å². The zero-order chi connectivity index (χ0) is 40.8. The summed E-state index contributed by atoms with van der Waals surface area (Å²) in [6.07, 6.45) is 0. The van der Waals surface area contributed by atoms with Crippen molar-refractivity contribution in [1.29, 1.82) is 0 Å². The van der Waals surface area contributed by atoms with E-state index in [1.165, 1.54) is 130 Å². The smallest absolute Gasteiger partial charge is 0.0361 e. The molecular weight excluding hydrogens is 753 g/mol. The maximum absolute atomic E-state index is 2.48. The number of hydrogen-bond acceptors (Lipinski definition) is 1. The summed E-state index contributed by atoms with van der Waals surface area (Å²) >= 11 is 1.90. The Balaban J connectivity index is 0.936. The second-order valence-electron chi connectivity index (χ2n) is 18.4. The van der Waals surface area contributed by atoms with Gasteiger partial charge in [-0.3, -0.25) is 0 Å². The second kappa shape index (κ2) is 12.4. The highest BCUT2D eigenvalue weighted by molar-refractivity contribution is 7.26. The molecule has 1 aromatic heterocycles. The quantitative estimate of drug-likeness (QED) is 0.156. The summed E-state index contributed by atoms with van der Waals surface area (Å²) in [5.41, 5.74) is 18.5. The van der Waals surface area contributed by atoms with Gasteiger partial charge in [-0.05, 0) is 141 Å². The molecule has 13 rings (SSSR count). The van der Waals surface area contributed by atoms with Crippen LogP contribution in [0, 0.1) is 0 Å². The predicted molar refractivity (Wildman–Crippen MR) is 263 cm³/mol. The molecule has 1 heterocycles. The molecule has 0 unspecified atom stereocenters. The highest BCUT2D eigenvalue weighted by Gasteiger charge is 2.39. The maximum atomic E-state index is 2.48. The third kappa shape index (κ3) is 4.76. The van der Waals surface area contributed by atoms with Crippen LogP contribution in [0.15, 0.2) is 182 Å². The molecule has 0 saturated heterocycles. The average molecular weight is 795 g/mol. The van der Waals surface area contributed by atoms with E-state index in [9.17, 15) is 0 Å². The minimum absolute atomic E-state index is 0.111. The van der Waals surface area contributed by atoms with E-state index < -0.39 is 0 Å². The van der Waals surface area contributed by atoms with Crippen LogP contribution in [0.25, 0.3) is 108 Å². The van der Waals surface area contributed by atoms with Gasteiger partial charge in [-0.1, -0.05) is 179 Å². The lowest BCUT2D eigenvalue weighted by molar-refractivity contribution is 0.660. The molecule has 0 bridgehead atoms. The molecule has 0 radical (unpaired) electrons. The van der Waals surface area contributed by atoms with Crippen molar-refractivity contribution in [3.05, 3.63) is 204 Å². The number of hydrogen-bond donors (Lipinski definition) is 0. The summed E-state index contributed by atoms with van der Waals surface area (Å²) in [6.45, 7) is 9.64. The summed E-state index contributed by atoms with van der Waals surface area (Å²) < 4.78 is 2.72. The first-order chi connectivity index (χ1) is 29.8. The summed E-state index contributed by atoms with van der Waals surface area (Å²) in [5.74, 6) is 0. The normalized spacial score (nSPS) is 14.5.